The minimum atomic E-state index is -3.64. The molecule has 1 amide bonds. The topological polar surface area (TPSA) is 75.3 Å². The lowest BCUT2D eigenvalue weighted by Gasteiger charge is -2.18. The van der Waals surface area contributed by atoms with Crippen LogP contribution in [0.3, 0.4) is 0 Å². The van der Waals surface area contributed by atoms with Gasteiger partial charge < -0.3 is 5.32 Å². The minimum absolute atomic E-state index is 0.0330. The Labute approximate surface area is 141 Å². The van der Waals surface area contributed by atoms with E-state index < -0.39 is 10.0 Å². The van der Waals surface area contributed by atoms with Crippen LogP contribution in [-0.4, -0.2) is 14.3 Å². The molecular formula is C18H18N2O3S. The first-order valence-corrected chi connectivity index (χ1v) is 9.57. The molecule has 0 spiro atoms. The summed E-state index contributed by atoms with van der Waals surface area (Å²) in [4.78, 5) is 11.6. The quantitative estimate of drug-likeness (QED) is 0.900. The van der Waals surface area contributed by atoms with Crippen LogP contribution in [0.1, 0.15) is 29.5 Å². The molecule has 124 valence electrons. The van der Waals surface area contributed by atoms with Gasteiger partial charge in [-0.1, -0.05) is 6.07 Å². The third-order valence-corrected chi connectivity index (χ3v) is 6.01. The number of amides is 1. The average molecular weight is 342 g/mol. The number of aryl methyl sites for hydroxylation is 3. The van der Waals surface area contributed by atoms with Crippen molar-refractivity contribution in [3.05, 3.63) is 53.1 Å². The lowest BCUT2D eigenvalue weighted by molar-refractivity contribution is -0.116. The summed E-state index contributed by atoms with van der Waals surface area (Å²) >= 11 is 0. The van der Waals surface area contributed by atoms with Gasteiger partial charge in [0.25, 0.3) is 10.0 Å². The van der Waals surface area contributed by atoms with Gasteiger partial charge in [0.2, 0.25) is 5.91 Å². The number of carbonyl (C=O) groups is 1. The summed E-state index contributed by atoms with van der Waals surface area (Å²) in [5.74, 6) is -0.0330. The Kier molecular flexibility index (Phi) is 3.57. The van der Waals surface area contributed by atoms with Gasteiger partial charge in [-0.15, -0.1) is 0 Å². The molecule has 6 heteroatoms. The van der Waals surface area contributed by atoms with E-state index >= 15 is 0 Å². The fourth-order valence-corrected chi connectivity index (χ4v) is 4.48. The van der Waals surface area contributed by atoms with E-state index in [1.165, 1.54) is 17.2 Å². The summed E-state index contributed by atoms with van der Waals surface area (Å²) < 4.78 is 28.0. The van der Waals surface area contributed by atoms with Crippen molar-refractivity contribution < 1.29 is 13.2 Å². The van der Waals surface area contributed by atoms with Crippen molar-refractivity contribution in [1.29, 1.82) is 0 Å². The maximum atomic E-state index is 12.7. The smallest absolute Gasteiger partial charge is 0.261 e. The number of rotatable bonds is 3. The van der Waals surface area contributed by atoms with Crippen LogP contribution < -0.4 is 10.0 Å². The van der Waals surface area contributed by atoms with Gasteiger partial charge in [-0.05, 0) is 72.7 Å². The Morgan fingerprint density at radius 1 is 0.875 bits per heavy atom. The van der Waals surface area contributed by atoms with Crippen molar-refractivity contribution in [2.24, 2.45) is 0 Å². The van der Waals surface area contributed by atoms with E-state index in [1.54, 1.807) is 12.1 Å². The van der Waals surface area contributed by atoms with Crippen LogP contribution in [0.4, 0.5) is 11.4 Å². The van der Waals surface area contributed by atoms with E-state index in [9.17, 15) is 13.2 Å². The van der Waals surface area contributed by atoms with Gasteiger partial charge in [0, 0.05) is 17.8 Å². The number of hydrogen-bond acceptors (Lipinski definition) is 3. The number of nitrogens with one attached hydrogen (secondary N) is 2. The molecule has 0 unspecified atom stereocenters. The van der Waals surface area contributed by atoms with Gasteiger partial charge in [-0.25, -0.2) is 8.42 Å². The summed E-state index contributed by atoms with van der Waals surface area (Å²) in [5, 5.41) is 2.76. The van der Waals surface area contributed by atoms with Gasteiger partial charge in [-0.3, -0.25) is 9.52 Å². The van der Waals surface area contributed by atoms with Crippen molar-refractivity contribution in [2.45, 2.75) is 37.0 Å². The van der Waals surface area contributed by atoms with Gasteiger partial charge in [0.05, 0.1) is 4.90 Å². The molecule has 0 bridgehead atoms. The molecule has 4 rings (SSSR count). The normalized spacial score (nSPS) is 16.2. The van der Waals surface area contributed by atoms with Crippen LogP contribution in [0.25, 0.3) is 0 Å². The second-order valence-electron chi connectivity index (χ2n) is 6.31. The Hall–Kier alpha value is -2.34. The van der Waals surface area contributed by atoms with Crippen molar-refractivity contribution in [3.8, 4) is 0 Å². The zero-order valence-corrected chi connectivity index (χ0v) is 13.9. The molecule has 0 fully saturated rings. The minimum Gasteiger partial charge on any atom is -0.326 e. The zero-order chi connectivity index (χ0) is 16.7. The Balaban J connectivity index is 1.62. The first-order valence-electron chi connectivity index (χ1n) is 8.09. The third kappa shape index (κ3) is 2.78. The van der Waals surface area contributed by atoms with Crippen molar-refractivity contribution >= 4 is 27.3 Å². The highest BCUT2D eigenvalue weighted by Crippen LogP contribution is 2.28. The predicted molar refractivity (Wildman–Crippen MR) is 92.7 cm³/mol. The summed E-state index contributed by atoms with van der Waals surface area (Å²) in [6.07, 6.45) is 4.14. The molecule has 0 aromatic heterocycles. The van der Waals surface area contributed by atoms with Gasteiger partial charge in [-0.2, -0.15) is 0 Å². The van der Waals surface area contributed by atoms with E-state index in [0.29, 0.717) is 24.2 Å². The maximum Gasteiger partial charge on any atom is 0.261 e. The SMILES string of the molecule is O=C1CCc2cc(S(=O)(=O)Nc3ccc4c(c3)CCC4)ccc2N1. The first-order chi connectivity index (χ1) is 11.5. The van der Waals surface area contributed by atoms with E-state index in [-0.39, 0.29) is 10.8 Å². The second-order valence-corrected chi connectivity index (χ2v) is 7.99. The molecule has 1 heterocycles. The van der Waals surface area contributed by atoms with Crippen molar-refractivity contribution in [2.75, 3.05) is 10.0 Å². The largest absolute Gasteiger partial charge is 0.326 e. The number of sulfonamides is 1. The molecular weight excluding hydrogens is 324 g/mol. The number of benzene rings is 2. The average Bonchev–Trinajstić information content (AvgIpc) is 3.01. The summed E-state index contributed by atoms with van der Waals surface area (Å²) in [7, 11) is -3.64. The fourth-order valence-electron chi connectivity index (χ4n) is 3.38. The van der Waals surface area contributed by atoms with E-state index in [0.717, 1.165) is 24.8 Å². The van der Waals surface area contributed by atoms with Crippen LogP contribution >= 0.6 is 0 Å². The highest BCUT2D eigenvalue weighted by molar-refractivity contribution is 7.92. The van der Waals surface area contributed by atoms with Gasteiger partial charge in [0.15, 0.2) is 0 Å². The van der Waals surface area contributed by atoms with Crippen LogP contribution in [0.5, 0.6) is 0 Å². The highest BCUT2D eigenvalue weighted by Gasteiger charge is 2.20. The monoisotopic (exact) mass is 342 g/mol. The first kappa shape index (κ1) is 15.2. The Morgan fingerprint density at radius 2 is 1.71 bits per heavy atom. The van der Waals surface area contributed by atoms with Gasteiger partial charge >= 0.3 is 0 Å². The van der Waals surface area contributed by atoms with Crippen LogP contribution in [0, 0.1) is 0 Å². The number of carbonyl (C=O) groups excluding carboxylic acids is 1. The van der Waals surface area contributed by atoms with Crippen LogP contribution in [0.15, 0.2) is 41.3 Å². The lowest BCUT2D eigenvalue weighted by atomic mass is 10.0. The lowest BCUT2D eigenvalue weighted by Crippen LogP contribution is -2.20. The second kappa shape index (κ2) is 5.63. The predicted octanol–water partition coefficient (Wildman–Crippen LogP) is 2.86. The molecule has 2 aliphatic rings. The van der Waals surface area contributed by atoms with Crippen LogP contribution in [0.2, 0.25) is 0 Å². The summed E-state index contributed by atoms with van der Waals surface area (Å²) in [5.41, 5.74) is 4.68. The third-order valence-electron chi connectivity index (χ3n) is 4.63. The number of fused-ring (bicyclic) bond motifs is 2. The van der Waals surface area contributed by atoms with Crippen LogP contribution in [-0.2, 0) is 34.1 Å². The summed E-state index contributed by atoms with van der Waals surface area (Å²) in [6, 6.07) is 10.6. The molecule has 0 radical (unpaired) electrons. The zero-order valence-electron chi connectivity index (χ0n) is 13.1. The molecule has 24 heavy (non-hydrogen) atoms. The molecule has 2 N–H and O–H groups in total. The molecule has 0 atom stereocenters. The fraction of sp³-hybridized carbons (Fsp3) is 0.278. The van der Waals surface area contributed by atoms with Crippen molar-refractivity contribution in [1.82, 2.24) is 0 Å². The molecule has 2 aromatic carbocycles. The molecule has 1 aliphatic heterocycles. The summed E-state index contributed by atoms with van der Waals surface area (Å²) in [6.45, 7) is 0. The van der Waals surface area contributed by atoms with E-state index in [2.05, 4.69) is 10.0 Å². The highest BCUT2D eigenvalue weighted by atomic mass is 32.2. The molecule has 0 saturated carbocycles. The molecule has 0 saturated heterocycles. The maximum absolute atomic E-state index is 12.7. The number of hydrogen-bond donors (Lipinski definition) is 2. The number of anilines is 2. The van der Waals surface area contributed by atoms with Crippen molar-refractivity contribution in [3.63, 3.8) is 0 Å². The standard InChI is InChI=1S/C18H18N2O3S/c21-18-9-5-14-11-16(7-8-17(14)19-18)24(22,23)20-15-6-4-12-2-1-3-13(12)10-15/h4,6-8,10-11,20H,1-3,5,9H2,(H,19,21). The van der Waals surface area contributed by atoms with E-state index in [1.807, 2.05) is 18.2 Å². The molecule has 5 nitrogen and oxygen atoms in total. The molecule has 2 aromatic rings. The molecule has 1 aliphatic carbocycles. The van der Waals surface area contributed by atoms with E-state index in [4.69, 9.17) is 0 Å². The Morgan fingerprint density at radius 3 is 2.58 bits per heavy atom. The van der Waals surface area contributed by atoms with Gasteiger partial charge in [0.1, 0.15) is 0 Å². The Bertz CT molecular complexity index is 935.